The molecule has 1 aromatic heterocycles. The van der Waals surface area contributed by atoms with Crippen molar-refractivity contribution in [2.24, 2.45) is 12.0 Å². The zero-order valence-corrected chi connectivity index (χ0v) is 15.8. The molecule has 1 heterocycles. The highest BCUT2D eigenvalue weighted by atomic mass is 127. The van der Waals surface area contributed by atoms with Crippen LogP contribution in [0.3, 0.4) is 0 Å². The van der Waals surface area contributed by atoms with Crippen molar-refractivity contribution < 1.29 is 4.39 Å². The molecule has 9 heteroatoms. The first-order valence-electron chi connectivity index (χ1n) is 7.17. The standard InChI is InChI=1S/C15H18FN7.HI/c1-3-18-15(20-9-14-21-10-22-23(14)2)19-8-12-5-4-11(7-17)6-13(12)16;/h4-6,10H,3,8-9H2,1-2H3,(H2,18,19,20);1H. The maximum Gasteiger partial charge on any atom is 0.191 e. The molecule has 0 atom stereocenters. The number of benzene rings is 1. The average Bonchev–Trinajstić information content (AvgIpc) is 2.96. The van der Waals surface area contributed by atoms with Crippen LogP contribution in [0.2, 0.25) is 0 Å². The van der Waals surface area contributed by atoms with Gasteiger partial charge in [-0.2, -0.15) is 10.4 Å². The number of aliphatic imine (C=N–C) groups is 1. The second-order valence-corrected chi connectivity index (χ2v) is 4.77. The highest BCUT2D eigenvalue weighted by Crippen LogP contribution is 2.11. The highest BCUT2D eigenvalue weighted by molar-refractivity contribution is 14.0. The fourth-order valence-electron chi connectivity index (χ4n) is 1.89. The van der Waals surface area contributed by atoms with Crippen molar-refractivity contribution in [3.8, 4) is 6.07 Å². The number of aromatic nitrogens is 3. The summed E-state index contributed by atoms with van der Waals surface area (Å²) < 4.78 is 15.5. The van der Waals surface area contributed by atoms with E-state index in [9.17, 15) is 4.39 Å². The van der Waals surface area contributed by atoms with E-state index in [1.54, 1.807) is 23.9 Å². The van der Waals surface area contributed by atoms with E-state index in [0.717, 1.165) is 5.82 Å². The van der Waals surface area contributed by atoms with E-state index >= 15 is 0 Å². The minimum absolute atomic E-state index is 0. The zero-order chi connectivity index (χ0) is 16.7. The second-order valence-electron chi connectivity index (χ2n) is 4.77. The van der Waals surface area contributed by atoms with Crippen molar-refractivity contribution in [1.82, 2.24) is 25.4 Å². The van der Waals surface area contributed by atoms with Crippen LogP contribution in [0.5, 0.6) is 0 Å². The van der Waals surface area contributed by atoms with Crippen LogP contribution >= 0.6 is 24.0 Å². The predicted octanol–water partition coefficient (Wildman–Crippen LogP) is 1.70. The molecule has 0 aliphatic heterocycles. The van der Waals surface area contributed by atoms with Gasteiger partial charge in [0.25, 0.3) is 0 Å². The topological polar surface area (TPSA) is 90.9 Å². The van der Waals surface area contributed by atoms with Gasteiger partial charge in [-0.15, -0.1) is 24.0 Å². The molecular formula is C15H19FIN7. The molecule has 7 nitrogen and oxygen atoms in total. The summed E-state index contributed by atoms with van der Waals surface area (Å²) in [5.74, 6) is 0.886. The Hall–Kier alpha value is -2.22. The van der Waals surface area contributed by atoms with Gasteiger partial charge in [0.2, 0.25) is 0 Å². The van der Waals surface area contributed by atoms with Crippen LogP contribution in [0.4, 0.5) is 4.39 Å². The molecule has 0 unspecified atom stereocenters. The Morgan fingerprint density at radius 1 is 1.42 bits per heavy atom. The van der Waals surface area contributed by atoms with Crippen LogP contribution in [0.1, 0.15) is 23.9 Å². The van der Waals surface area contributed by atoms with Gasteiger partial charge in [0, 0.05) is 19.2 Å². The molecule has 1 aromatic carbocycles. The normalized spacial score (nSPS) is 10.7. The molecule has 0 saturated carbocycles. The first-order chi connectivity index (χ1) is 11.1. The van der Waals surface area contributed by atoms with Crippen molar-refractivity contribution >= 4 is 29.9 Å². The van der Waals surface area contributed by atoms with E-state index in [-0.39, 0.29) is 30.5 Å². The Morgan fingerprint density at radius 3 is 2.79 bits per heavy atom. The highest BCUT2D eigenvalue weighted by Gasteiger charge is 2.05. The van der Waals surface area contributed by atoms with Crippen molar-refractivity contribution in [3.63, 3.8) is 0 Å². The van der Waals surface area contributed by atoms with E-state index < -0.39 is 5.82 Å². The number of nitriles is 1. The molecular weight excluding hydrogens is 424 g/mol. The molecule has 0 aliphatic carbocycles. The number of nitrogens with zero attached hydrogens (tertiary/aromatic N) is 5. The van der Waals surface area contributed by atoms with Gasteiger partial charge in [-0.1, -0.05) is 6.07 Å². The third kappa shape index (κ3) is 5.45. The van der Waals surface area contributed by atoms with Gasteiger partial charge in [-0.3, -0.25) is 4.68 Å². The summed E-state index contributed by atoms with van der Waals surface area (Å²) in [6.45, 7) is 3.26. The second kappa shape index (κ2) is 9.82. The Morgan fingerprint density at radius 2 is 2.21 bits per heavy atom. The molecule has 24 heavy (non-hydrogen) atoms. The van der Waals surface area contributed by atoms with Crippen LogP contribution in [-0.2, 0) is 20.1 Å². The number of hydrogen-bond acceptors (Lipinski definition) is 4. The van der Waals surface area contributed by atoms with E-state index in [2.05, 4.69) is 25.7 Å². The lowest BCUT2D eigenvalue weighted by Crippen LogP contribution is -2.37. The van der Waals surface area contributed by atoms with Crippen LogP contribution in [-0.4, -0.2) is 27.3 Å². The zero-order valence-electron chi connectivity index (χ0n) is 13.5. The van der Waals surface area contributed by atoms with Gasteiger partial charge in [0.15, 0.2) is 5.96 Å². The van der Waals surface area contributed by atoms with Gasteiger partial charge in [0.1, 0.15) is 18.0 Å². The van der Waals surface area contributed by atoms with Crippen LogP contribution < -0.4 is 10.6 Å². The minimum atomic E-state index is -0.433. The molecule has 2 aromatic rings. The summed E-state index contributed by atoms with van der Waals surface area (Å²) in [6, 6.07) is 6.27. The lowest BCUT2D eigenvalue weighted by molar-refractivity contribution is 0.609. The van der Waals surface area contributed by atoms with Crippen molar-refractivity contribution in [1.29, 1.82) is 5.26 Å². The quantitative estimate of drug-likeness (QED) is 0.417. The molecule has 2 rings (SSSR count). The Kier molecular flexibility index (Phi) is 8.11. The Bertz CT molecular complexity index is 736. The maximum absolute atomic E-state index is 13.9. The summed E-state index contributed by atoms with van der Waals surface area (Å²) in [6.07, 6.45) is 1.48. The fraction of sp³-hybridized carbons (Fsp3) is 0.333. The molecule has 0 bridgehead atoms. The lowest BCUT2D eigenvalue weighted by Gasteiger charge is -2.11. The van der Waals surface area contributed by atoms with Gasteiger partial charge >= 0.3 is 0 Å². The SMILES string of the molecule is CCNC(=NCc1ccc(C#N)cc1F)NCc1ncnn1C.I. The summed E-state index contributed by atoms with van der Waals surface area (Å²) >= 11 is 0. The van der Waals surface area contributed by atoms with Crippen molar-refractivity contribution in [3.05, 3.63) is 47.3 Å². The molecule has 0 spiro atoms. The van der Waals surface area contributed by atoms with Crippen molar-refractivity contribution in [2.45, 2.75) is 20.0 Å². The first kappa shape index (κ1) is 19.8. The van der Waals surface area contributed by atoms with E-state index in [0.29, 0.717) is 30.2 Å². The van der Waals surface area contributed by atoms with Gasteiger partial charge in [0.05, 0.1) is 24.7 Å². The fourth-order valence-corrected chi connectivity index (χ4v) is 1.89. The van der Waals surface area contributed by atoms with Crippen LogP contribution in [0.25, 0.3) is 0 Å². The monoisotopic (exact) mass is 443 g/mol. The lowest BCUT2D eigenvalue weighted by atomic mass is 10.1. The Labute approximate surface area is 157 Å². The average molecular weight is 443 g/mol. The summed E-state index contributed by atoms with van der Waals surface area (Å²) in [5, 5.41) is 18.9. The molecule has 0 fully saturated rings. The van der Waals surface area contributed by atoms with Gasteiger partial charge < -0.3 is 10.6 Å². The van der Waals surface area contributed by atoms with Crippen LogP contribution in [0.15, 0.2) is 29.5 Å². The smallest absolute Gasteiger partial charge is 0.191 e. The summed E-state index contributed by atoms with van der Waals surface area (Å²) in [5.41, 5.74) is 0.724. The predicted molar refractivity (Wildman–Crippen MR) is 99.2 cm³/mol. The molecule has 0 saturated heterocycles. The van der Waals surface area contributed by atoms with E-state index in [4.69, 9.17) is 5.26 Å². The van der Waals surface area contributed by atoms with Gasteiger partial charge in [-0.05, 0) is 19.1 Å². The maximum atomic E-state index is 13.9. The summed E-state index contributed by atoms with van der Waals surface area (Å²) in [7, 11) is 1.81. The number of rotatable bonds is 5. The Balaban J connectivity index is 0.00000288. The molecule has 2 N–H and O–H groups in total. The number of guanidine groups is 1. The largest absolute Gasteiger partial charge is 0.357 e. The number of halogens is 2. The third-order valence-corrected chi connectivity index (χ3v) is 3.15. The van der Waals surface area contributed by atoms with E-state index in [1.165, 1.54) is 12.4 Å². The summed E-state index contributed by atoms with van der Waals surface area (Å²) in [4.78, 5) is 8.46. The van der Waals surface area contributed by atoms with Crippen molar-refractivity contribution in [2.75, 3.05) is 6.54 Å². The third-order valence-electron chi connectivity index (χ3n) is 3.15. The van der Waals surface area contributed by atoms with Crippen LogP contribution in [0, 0.1) is 17.1 Å². The number of nitrogens with one attached hydrogen (secondary N) is 2. The molecule has 0 radical (unpaired) electrons. The van der Waals surface area contributed by atoms with Gasteiger partial charge in [-0.25, -0.2) is 14.4 Å². The van der Waals surface area contributed by atoms with E-state index in [1.807, 2.05) is 13.0 Å². The number of aryl methyl sites for hydroxylation is 1. The molecule has 128 valence electrons. The molecule has 0 amide bonds. The minimum Gasteiger partial charge on any atom is -0.357 e. The first-order valence-corrected chi connectivity index (χ1v) is 7.17. The number of hydrogen-bond donors (Lipinski definition) is 2. The molecule has 0 aliphatic rings.